The molecule has 0 unspecified atom stereocenters. The number of alkyl halides is 1. The SMILES string of the molecule is CCN(Cc1cccs1)c1cncc(CCl)n1. The Morgan fingerprint density at radius 3 is 2.94 bits per heavy atom. The van der Waals surface area contributed by atoms with Gasteiger partial charge in [0.1, 0.15) is 5.82 Å². The van der Waals surface area contributed by atoms with Gasteiger partial charge in [0.25, 0.3) is 0 Å². The Bertz CT molecular complexity index is 459. The second kappa shape index (κ2) is 5.98. The number of rotatable bonds is 5. The van der Waals surface area contributed by atoms with Crippen LogP contribution in [-0.4, -0.2) is 16.5 Å². The lowest BCUT2D eigenvalue weighted by atomic mass is 10.4. The van der Waals surface area contributed by atoms with Crippen molar-refractivity contribution in [2.75, 3.05) is 11.4 Å². The summed E-state index contributed by atoms with van der Waals surface area (Å²) in [5, 5.41) is 2.09. The van der Waals surface area contributed by atoms with Gasteiger partial charge in [0.2, 0.25) is 0 Å². The Morgan fingerprint density at radius 2 is 2.29 bits per heavy atom. The highest BCUT2D eigenvalue weighted by Gasteiger charge is 2.08. The van der Waals surface area contributed by atoms with Gasteiger partial charge in [-0.15, -0.1) is 22.9 Å². The summed E-state index contributed by atoms with van der Waals surface area (Å²) in [4.78, 5) is 12.2. The normalized spacial score (nSPS) is 10.5. The topological polar surface area (TPSA) is 29.0 Å². The first-order valence-electron chi connectivity index (χ1n) is 5.47. The van der Waals surface area contributed by atoms with E-state index in [0.29, 0.717) is 5.88 Å². The number of anilines is 1. The van der Waals surface area contributed by atoms with Gasteiger partial charge in [-0.05, 0) is 18.4 Å². The minimum atomic E-state index is 0.400. The molecule has 90 valence electrons. The molecular formula is C12H14ClN3S. The zero-order valence-corrected chi connectivity index (χ0v) is 11.2. The van der Waals surface area contributed by atoms with E-state index in [-0.39, 0.29) is 0 Å². The predicted octanol–water partition coefficient (Wildman–Crippen LogP) is 3.30. The molecule has 0 aromatic carbocycles. The lowest BCUT2D eigenvalue weighted by Gasteiger charge is -2.21. The molecule has 0 spiro atoms. The largest absolute Gasteiger partial charge is 0.350 e. The van der Waals surface area contributed by atoms with Crippen molar-refractivity contribution in [3.8, 4) is 0 Å². The molecule has 17 heavy (non-hydrogen) atoms. The van der Waals surface area contributed by atoms with Crippen LogP contribution in [0.1, 0.15) is 17.5 Å². The maximum Gasteiger partial charge on any atom is 0.147 e. The summed E-state index contributed by atoms with van der Waals surface area (Å²) in [6.45, 7) is 3.88. The van der Waals surface area contributed by atoms with Crippen LogP contribution in [0.2, 0.25) is 0 Å². The van der Waals surface area contributed by atoms with Crippen molar-refractivity contribution in [3.63, 3.8) is 0 Å². The Hall–Kier alpha value is -1.13. The molecule has 0 aliphatic rings. The summed E-state index contributed by atoms with van der Waals surface area (Å²) in [6, 6.07) is 4.20. The van der Waals surface area contributed by atoms with Gasteiger partial charge in [0.15, 0.2) is 0 Å². The number of aromatic nitrogens is 2. The number of hydrogen-bond donors (Lipinski definition) is 0. The summed E-state index contributed by atoms with van der Waals surface area (Å²) < 4.78 is 0. The monoisotopic (exact) mass is 267 g/mol. The highest BCUT2D eigenvalue weighted by molar-refractivity contribution is 7.09. The fourth-order valence-corrected chi connectivity index (χ4v) is 2.41. The summed E-state index contributed by atoms with van der Waals surface area (Å²) in [5.74, 6) is 1.29. The van der Waals surface area contributed by atoms with Crippen molar-refractivity contribution >= 4 is 28.8 Å². The molecule has 0 aliphatic heterocycles. The van der Waals surface area contributed by atoms with E-state index < -0.39 is 0 Å². The zero-order valence-electron chi connectivity index (χ0n) is 9.64. The van der Waals surface area contributed by atoms with Crippen LogP contribution in [0.25, 0.3) is 0 Å². The molecule has 2 aromatic heterocycles. The highest BCUT2D eigenvalue weighted by atomic mass is 35.5. The van der Waals surface area contributed by atoms with Crippen LogP contribution in [0, 0.1) is 0 Å². The maximum absolute atomic E-state index is 5.77. The molecular weight excluding hydrogens is 254 g/mol. The summed E-state index contributed by atoms with van der Waals surface area (Å²) in [5.41, 5.74) is 0.814. The third kappa shape index (κ3) is 3.17. The Labute approximate surface area is 110 Å². The van der Waals surface area contributed by atoms with E-state index in [1.54, 1.807) is 23.7 Å². The smallest absolute Gasteiger partial charge is 0.147 e. The minimum absolute atomic E-state index is 0.400. The lowest BCUT2D eigenvalue weighted by molar-refractivity contribution is 0.813. The van der Waals surface area contributed by atoms with E-state index in [1.165, 1.54) is 4.88 Å². The molecule has 5 heteroatoms. The van der Waals surface area contributed by atoms with Crippen molar-refractivity contribution in [2.24, 2.45) is 0 Å². The van der Waals surface area contributed by atoms with Crippen LogP contribution in [0.4, 0.5) is 5.82 Å². The number of hydrogen-bond acceptors (Lipinski definition) is 4. The molecule has 2 aromatic rings. The number of halogens is 1. The van der Waals surface area contributed by atoms with Crippen molar-refractivity contribution in [1.29, 1.82) is 0 Å². The standard InChI is InChI=1S/C12H14ClN3S/c1-2-16(9-11-4-3-5-17-11)12-8-14-7-10(6-13)15-12/h3-5,7-8H,2,6,9H2,1H3. The minimum Gasteiger partial charge on any atom is -0.350 e. The summed E-state index contributed by atoms with van der Waals surface area (Å²) in [6.07, 6.45) is 3.49. The van der Waals surface area contributed by atoms with E-state index in [1.807, 2.05) is 0 Å². The van der Waals surface area contributed by atoms with Gasteiger partial charge in [0.05, 0.1) is 24.3 Å². The molecule has 3 nitrogen and oxygen atoms in total. The highest BCUT2D eigenvalue weighted by Crippen LogP contribution is 2.17. The third-order valence-corrected chi connectivity index (χ3v) is 3.58. The first-order valence-corrected chi connectivity index (χ1v) is 6.89. The second-order valence-corrected chi connectivity index (χ2v) is 4.90. The number of thiophene rings is 1. The maximum atomic E-state index is 5.77. The Morgan fingerprint density at radius 1 is 1.41 bits per heavy atom. The predicted molar refractivity (Wildman–Crippen MR) is 72.6 cm³/mol. The molecule has 0 fully saturated rings. The van der Waals surface area contributed by atoms with Crippen LogP contribution >= 0.6 is 22.9 Å². The van der Waals surface area contributed by atoms with Crippen LogP contribution in [0.15, 0.2) is 29.9 Å². The first kappa shape index (κ1) is 12.3. The van der Waals surface area contributed by atoms with Gasteiger partial charge in [-0.2, -0.15) is 0 Å². The van der Waals surface area contributed by atoms with Crippen LogP contribution in [-0.2, 0) is 12.4 Å². The van der Waals surface area contributed by atoms with Gasteiger partial charge >= 0.3 is 0 Å². The number of nitrogens with zero attached hydrogens (tertiary/aromatic N) is 3. The quantitative estimate of drug-likeness (QED) is 0.779. The van der Waals surface area contributed by atoms with Crippen molar-refractivity contribution in [2.45, 2.75) is 19.3 Å². The molecule has 0 radical (unpaired) electrons. The summed E-state index contributed by atoms with van der Waals surface area (Å²) in [7, 11) is 0. The average molecular weight is 268 g/mol. The molecule has 0 saturated carbocycles. The molecule has 0 N–H and O–H groups in total. The van der Waals surface area contributed by atoms with E-state index in [0.717, 1.165) is 24.6 Å². The Kier molecular flexibility index (Phi) is 4.34. The lowest BCUT2D eigenvalue weighted by Crippen LogP contribution is -2.23. The Balaban J connectivity index is 2.16. The van der Waals surface area contributed by atoms with E-state index in [9.17, 15) is 0 Å². The van der Waals surface area contributed by atoms with Gasteiger partial charge in [-0.1, -0.05) is 6.07 Å². The third-order valence-electron chi connectivity index (χ3n) is 2.44. The summed E-state index contributed by atoms with van der Waals surface area (Å²) >= 11 is 7.53. The van der Waals surface area contributed by atoms with Gasteiger partial charge < -0.3 is 4.90 Å². The van der Waals surface area contributed by atoms with Gasteiger partial charge in [-0.25, -0.2) is 4.98 Å². The average Bonchev–Trinajstić information content (AvgIpc) is 2.89. The van der Waals surface area contributed by atoms with E-state index in [2.05, 4.69) is 39.3 Å². The van der Waals surface area contributed by atoms with Crippen LogP contribution in [0.5, 0.6) is 0 Å². The zero-order chi connectivity index (χ0) is 12.1. The van der Waals surface area contributed by atoms with Crippen molar-refractivity contribution in [1.82, 2.24) is 9.97 Å². The second-order valence-electron chi connectivity index (χ2n) is 3.60. The van der Waals surface area contributed by atoms with E-state index in [4.69, 9.17) is 11.6 Å². The van der Waals surface area contributed by atoms with Gasteiger partial charge in [-0.3, -0.25) is 4.98 Å². The molecule has 2 heterocycles. The van der Waals surface area contributed by atoms with Crippen LogP contribution < -0.4 is 4.90 Å². The van der Waals surface area contributed by atoms with Crippen molar-refractivity contribution < 1.29 is 0 Å². The van der Waals surface area contributed by atoms with Gasteiger partial charge in [0, 0.05) is 17.6 Å². The van der Waals surface area contributed by atoms with E-state index >= 15 is 0 Å². The first-order chi connectivity index (χ1) is 8.33. The molecule has 0 amide bonds. The van der Waals surface area contributed by atoms with Crippen molar-refractivity contribution in [3.05, 3.63) is 40.5 Å². The fourth-order valence-electron chi connectivity index (χ4n) is 1.56. The fraction of sp³-hybridized carbons (Fsp3) is 0.333. The van der Waals surface area contributed by atoms with Crippen LogP contribution in [0.3, 0.4) is 0 Å². The molecule has 0 saturated heterocycles. The molecule has 0 aliphatic carbocycles. The molecule has 2 rings (SSSR count). The molecule has 0 atom stereocenters. The molecule has 0 bridgehead atoms.